The zero-order valence-electron chi connectivity index (χ0n) is 11.5. The predicted octanol–water partition coefficient (Wildman–Crippen LogP) is 4.99. The maximum atomic E-state index is 12.2. The topological polar surface area (TPSA) is 20.3 Å². The summed E-state index contributed by atoms with van der Waals surface area (Å²) in [6, 6.07) is 20.6. The number of para-hydroxylation sites is 1. The molecule has 0 saturated heterocycles. The van der Waals surface area contributed by atoms with Crippen molar-refractivity contribution in [2.24, 2.45) is 0 Å². The number of rotatable bonds is 0. The van der Waals surface area contributed by atoms with Gasteiger partial charge in [0.05, 0.1) is 11.4 Å². The standard InChI is InChI=1S/C18H13NOS/c1-12(20)19-15-8-4-5-9-17(15)21-18-11-14-7-3-2-6-13(14)10-16(18)19/h2-11H,1H3. The molecule has 3 aromatic carbocycles. The summed E-state index contributed by atoms with van der Waals surface area (Å²) in [5.74, 6) is 0.0410. The molecule has 0 unspecified atom stereocenters. The summed E-state index contributed by atoms with van der Waals surface area (Å²) in [5.41, 5.74) is 1.95. The molecule has 1 aliphatic rings. The van der Waals surface area contributed by atoms with Crippen LogP contribution in [0.3, 0.4) is 0 Å². The highest BCUT2D eigenvalue weighted by atomic mass is 32.2. The maximum absolute atomic E-state index is 12.2. The number of amides is 1. The molecule has 0 saturated carbocycles. The van der Waals surface area contributed by atoms with Crippen LogP contribution in [0.1, 0.15) is 6.92 Å². The van der Waals surface area contributed by atoms with E-state index in [4.69, 9.17) is 0 Å². The minimum atomic E-state index is 0.0410. The summed E-state index contributed by atoms with van der Waals surface area (Å²) >= 11 is 1.72. The number of anilines is 2. The number of carbonyl (C=O) groups is 1. The monoisotopic (exact) mass is 291 g/mol. The van der Waals surface area contributed by atoms with E-state index >= 15 is 0 Å². The van der Waals surface area contributed by atoms with Crippen molar-refractivity contribution >= 4 is 39.8 Å². The van der Waals surface area contributed by atoms with Crippen LogP contribution in [-0.2, 0) is 4.79 Å². The fourth-order valence-corrected chi connectivity index (χ4v) is 3.87. The van der Waals surface area contributed by atoms with Gasteiger partial charge >= 0.3 is 0 Å². The molecule has 0 bridgehead atoms. The van der Waals surface area contributed by atoms with Gasteiger partial charge in [-0.05, 0) is 35.0 Å². The Morgan fingerprint density at radius 1 is 0.857 bits per heavy atom. The minimum Gasteiger partial charge on any atom is -0.279 e. The lowest BCUT2D eigenvalue weighted by molar-refractivity contribution is -0.115. The smallest absolute Gasteiger partial charge is 0.228 e. The molecule has 0 fully saturated rings. The Morgan fingerprint density at radius 3 is 2.29 bits per heavy atom. The number of fused-ring (bicyclic) bond motifs is 3. The van der Waals surface area contributed by atoms with E-state index in [-0.39, 0.29) is 5.91 Å². The molecule has 0 atom stereocenters. The predicted molar refractivity (Wildman–Crippen MR) is 87.3 cm³/mol. The number of benzene rings is 3. The lowest BCUT2D eigenvalue weighted by Crippen LogP contribution is -2.25. The molecule has 0 N–H and O–H groups in total. The van der Waals surface area contributed by atoms with Gasteiger partial charge in [0.1, 0.15) is 0 Å². The van der Waals surface area contributed by atoms with Crippen LogP contribution in [0.5, 0.6) is 0 Å². The Labute approximate surface area is 127 Å². The zero-order chi connectivity index (χ0) is 14.4. The fraction of sp³-hybridized carbons (Fsp3) is 0.0556. The summed E-state index contributed by atoms with van der Waals surface area (Å²) in [6.07, 6.45) is 0. The molecule has 3 heteroatoms. The SMILES string of the molecule is CC(=O)N1c2ccccc2Sc2cc3ccccc3cc21. The molecule has 1 aliphatic heterocycles. The second kappa shape index (κ2) is 4.64. The Balaban J connectivity index is 2.01. The van der Waals surface area contributed by atoms with Gasteiger partial charge in [-0.2, -0.15) is 0 Å². The molecule has 1 amide bonds. The quantitative estimate of drug-likeness (QED) is 0.581. The van der Waals surface area contributed by atoms with Crippen LogP contribution in [0.15, 0.2) is 70.5 Å². The summed E-state index contributed by atoms with van der Waals surface area (Å²) in [5, 5.41) is 2.36. The molecular weight excluding hydrogens is 278 g/mol. The van der Waals surface area contributed by atoms with Crippen molar-refractivity contribution < 1.29 is 4.79 Å². The van der Waals surface area contributed by atoms with Gasteiger partial charge in [-0.1, -0.05) is 48.2 Å². The molecule has 2 nitrogen and oxygen atoms in total. The average Bonchev–Trinajstić information content (AvgIpc) is 2.50. The van der Waals surface area contributed by atoms with Crippen LogP contribution in [0.25, 0.3) is 10.8 Å². The van der Waals surface area contributed by atoms with Gasteiger partial charge < -0.3 is 0 Å². The summed E-state index contributed by atoms with van der Waals surface area (Å²) in [7, 11) is 0. The zero-order valence-corrected chi connectivity index (χ0v) is 12.4. The number of nitrogens with zero attached hydrogens (tertiary/aromatic N) is 1. The van der Waals surface area contributed by atoms with E-state index in [0.717, 1.165) is 26.6 Å². The second-order valence-corrected chi connectivity index (χ2v) is 6.18. The van der Waals surface area contributed by atoms with Crippen molar-refractivity contribution in [1.82, 2.24) is 0 Å². The maximum Gasteiger partial charge on any atom is 0.228 e. The van der Waals surface area contributed by atoms with Gasteiger partial charge in [0, 0.05) is 16.7 Å². The summed E-state index contributed by atoms with van der Waals surface area (Å²) in [6.45, 7) is 1.62. The number of carbonyl (C=O) groups excluding carboxylic acids is 1. The first-order valence-electron chi connectivity index (χ1n) is 6.84. The minimum absolute atomic E-state index is 0.0410. The first-order chi connectivity index (χ1) is 10.2. The largest absolute Gasteiger partial charge is 0.279 e. The van der Waals surface area contributed by atoms with E-state index in [1.165, 1.54) is 5.39 Å². The van der Waals surface area contributed by atoms with Crippen LogP contribution >= 0.6 is 11.8 Å². The number of hydrogen-bond donors (Lipinski definition) is 0. The van der Waals surface area contributed by atoms with Gasteiger partial charge in [-0.25, -0.2) is 0 Å². The summed E-state index contributed by atoms with van der Waals surface area (Å²) < 4.78 is 0. The van der Waals surface area contributed by atoms with Crippen molar-refractivity contribution in [2.75, 3.05) is 4.90 Å². The molecule has 4 rings (SSSR count). The number of hydrogen-bond acceptors (Lipinski definition) is 2. The van der Waals surface area contributed by atoms with Gasteiger partial charge in [0.2, 0.25) is 5.91 Å². The molecule has 21 heavy (non-hydrogen) atoms. The van der Waals surface area contributed by atoms with Crippen LogP contribution in [0, 0.1) is 0 Å². The fourth-order valence-electron chi connectivity index (χ4n) is 2.78. The third kappa shape index (κ3) is 1.93. The first-order valence-corrected chi connectivity index (χ1v) is 7.66. The Bertz CT molecular complexity index is 872. The first kappa shape index (κ1) is 12.5. The molecule has 0 aromatic heterocycles. The van der Waals surface area contributed by atoms with Crippen molar-refractivity contribution in [3.05, 3.63) is 60.7 Å². The normalized spacial score (nSPS) is 12.9. The third-order valence-corrected chi connectivity index (χ3v) is 4.82. The van der Waals surface area contributed by atoms with Crippen molar-refractivity contribution in [2.45, 2.75) is 16.7 Å². The van der Waals surface area contributed by atoms with Crippen molar-refractivity contribution in [3.63, 3.8) is 0 Å². The summed E-state index contributed by atoms with van der Waals surface area (Å²) in [4.78, 5) is 16.2. The average molecular weight is 291 g/mol. The van der Waals surface area contributed by atoms with Crippen LogP contribution in [0.2, 0.25) is 0 Å². The molecule has 0 radical (unpaired) electrons. The third-order valence-electron chi connectivity index (χ3n) is 3.71. The van der Waals surface area contributed by atoms with E-state index in [1.54, 1.807) is 18.7 Å². The van der Waals surface area contributed by atoms with Crippen molar-refractivity contribution in [3.8, 4) is 0 Å². The van der Waals surface area contributed by atoms with Gasteiger partial charge in [-0.15, -0.1) is 0 Å². The van der Waals surface area contributed by atoms with Gasteiger partial charge in [0.25, 0.3) is 0 Å². The van der Waals surface area contributed by atoms with E-state index in [9.17, 15) is 4.79 Å². The van der Waals surface area contributed by atoms with Crippen LogP contribution in [0.4, 0.5) is 11.4 Å². The van der Waals surface area contributed by atoms with Crippen molar-refractivity contribution in [1.29, 1.82) is 0 Å². The lowest BCUT2D eigenvalue weighted by atomic mass is 10.1. The molecule has 3 aromatic rings. The van der Waals surface area contributed by atoms with Gasteiger partial charge in [0.15, 0.2) is 0 Å². The highest BCUT2D eigenvalue weighted by Gasteiger charge is 2.26. The molecule has 0 spiro atoms. The Morgan fingerprint density at radius 2 is 1.52 bits per heavy atom. The molecule has 0 aliphatic carbocycles. The molecule has 102 valence electrons. The lowest BCUT2D eigenvalue weighted by Gasteiger charge is -2.30. The Kier molecular flexibility index (Phi) is 2.76. The highest BCUT2D eigenvalue weighted by Crippen LogP contribution is 2.49. The molecular formula is C18H13NOS. The van der Waals surface area contributed by atoms with E-state index < -0.39 is 0 Å². The van der Waals surface area contributed by atoms with E-state index in [0.29, 0.717) is 0 Å². The van der Waals surface area contributed by atoms with Crippen LogP contribution < -0.4 is 4.90 Å². The molecule has 1 heterocycles. The second-order valence-electron chi connectivity index (χ2n) is 5.09. The Hall–Kier alpha value is -2.26. The van der Waals surface area contributed by atoms with Crippen LogP contribution in [-0.4, -0.2) is 5.91 Å². The van der Waals surface area contributed by atoms with E-state index in [1.807, 2.05) is 35.2 Å². The van der Waals surface area contributed by atoms with E-state index in [2.05, 4.69) is 30.3 Å². The van der Waals surface area contributed by atoms with Gasteiger partial charge in [-0.3, -0.25) is 9.69 Å². The highest BCUT2D eigenvalue weighted by molar-refractivity contribution is 7.99.